The first-order valence-electron chi connectivity index (χ1n) is 10.1. The van der Waals surface area contributed by atoms with Gasteiger partial charge < -0.3 is 20.3 Å². The number of benzene rings is 2. The standard InChI is InChI=1S/C23H27N3O4/c1-3-4-13-26-15-16(14-21(26)27)22(28)25-20-8-6-5-7-19(20)23(29)24-17-9-11-18(30-2)12-10-17/h5-12,16H,3-4,13-15H2,1-2H3,(H,24,29)(H,25,28). The van der Waals surface area contributed by atoms with Crippen molar-refractivity contribution in [2.75, 3.05) is 30.8 Å². The molecule has 2 N–H and O–H groups in total. The highest BCUT2D eigenvalue weighted by Gasteiger charge is 2.34. The van der Waals surface area contributed by atoms with Crippen LogP contribution in [0.1, 0.15) is 36.5 Å². The summed E-state index contributed by atoms with van der Waals surface area (Å²) in [6.45, 7) is 3.17. The lowest BCUT2D eigenvalue weighted by molar-refractivity contribution is -0.128. The number of amides is 3. The number of hydrogen-bond acceptors (Lipinski definition) is 4. The van der Waals surface area contributed by atoms with E-state index in [4.69, 9.17) is 4.74 Å². The van der Waals surface area contributed by atoms with Gasteiger partial charge in [-0.2, -0.15) is 0 Å². The first-order chi connectivity index (χ1) is 14.5. The third-order valence-electron chi connectivity index (χ3n) is 5.14. The number of unbranched alkanes of at least 4 members (excludes halogenated alkanes) is 1. The highest BCUT2D eigenvalue weighted by molar-refractivity contribution is 6.10. The number of para-hydroxylation sites is 1. The molecule has 0 radical (unpaired) electrons. The van der Waals surface area contributed by atoms with Crippen LogP contribution in [-0.2, 0) is 9.59 Å². The fourth-order valence-electron chi connectivity index (χ4n) is 3.41. The molecule has 2 aromatic rings. The molecule has 1 unspecified atom stereocenters. The van der Waals surface area contributed by atoms with Gasteiger partial charge in [0, 0.05) is 25.2 Å². The molecular weight excluding hydrogens is 382 g/mol. The van der Waals surface area contributed by atoms with Crippen LogP contribution in [0, 0.1) is 5.92 Å². The third-order valence-corrected chi connectivity index (χ3v) is 5.14. The number of ether oxygens (including phenoxy) is 1. The Morgan fingerprint density at radius 1 is 1.10 bits per heavy atom. The van der Waals surface area contributed by atoms with Crippen molar-refractivity contribution < 1.29 is 19.1 Å². The summed E-state index contributed by atoms with van der Waals surface area (Å²) < 4.78 is 5.12. The number of anilines is 2. The van der Waals surface area contributed by atoms with Crippen LogP contribution in [0.5, 0.6) is 5.75 Å². The maximum Gasteiger partial charge on any atom is 0.257 e. The SMILES string of the molecule is CCCCN1CC(C(=O)Nc2ccccc2C(=O)Nc2ccc(OC)cc2)CC1=O. The average molecular weight is 409 g/mol. The van der Waals surface area contributed by atoms with Crippen LogP contribution in [-0.4, -0.2) is 42.8 Å². The molecule has 1 atom stereocenters. The first-order valence-corrected chi connectivity index (χ1v) is 10.1. The van der Waals surface area contributed by atoms with E-state index < -0.39 is 5.92 Å². The van der Waals surface area contributed by atoms with Crippen molar-refractivity contribution >= 4 is 29.1 Å². The van der Waals surface area contributed by atoms with E-state index >= 15 is 0 Å². The zero-order chi connectivity index (χ0) is 21.5. The summed E-state index contributed by atoms with van der Waals surface area (Å²) in [5.74, 6) is -0.281. The number of hydrogen-bond donors (Lipinski definition) is 2. The van der Waals surface area contributed by atoms with Gasteiger partial charge in [0.15, 0.2) is 0 Å². The molecule has 0 aromatic heterocycles. The van der Waals surface area contributed by atoms with E-state index in [0.717, 1.165) is 12.8 Å². The van der Waals surface area contributed by atoms with E-state index in [9.17, 15) is 14.4 Å². The molecule has 2 aromatic carbocycles. The second-order valence-corrected chi connectivity index (χ2v) is 7.31. The van der Waals surface area contributed by atoms with Crippen LogP contribution < -0.4 is 15.4 Å². The number of rotatable bonds is 8. The summed E-state index contributed by atoms with van der Waals surface area (Å²) in [5, 5.41) is 5.66. The van der Waals surface area contributed by atoms with E-state index in [2.05, 4.69) is 17.6 Å². The largest absolute Gasteiger partial charge is 0.497 e. The predicted molar refractivity (Wildman–Crippen MR) is 116 cm³/mol. The predicted octanol–water partition coefficient (Wildman–Crippen LogP) is 3.53. The van der Waals surface area contributed by atoms with E-state index in [1.807, 2.05) is 0 Å². The van der Waals surface area contributed by atoms with E-state index in [1.165, 1.54) is 0 Å². The molecule has 3 amide bonds. The summed E-state index contributed by atoms with van der Waals surface area (Å²) in [6.07, 6.45) is 2.13. The minimum absolute atomic E-state index is 0.00846. The van der Waals surface area contributed by atoms with Crippen LogP contribution in [0.3, 0.4) is 0 Å². The maximum atomic E-state index is 12.8. The Labute approximate surface area is 176 Å². The van der Waals surface area contributed by atoms with Crippen LogP contribution >= 0.6 is 0 Å². The molecule has 7 nitrogen and oxygen atoms in total. The van der Waals surface area contributed by atoms with Crippen LogP contribution in [0.15, 0.2) is 48.5 Å². The lowest BCUT2D eigenvalue weighted by Crippen LogP contribution is -2.29. The van der Waals surface area contributed by atoms with Gasteiger partial charge in [0.25, 0.3) is 5.91 Å². The first kappa shape index (κ1) is 21.4. The summed E-state index contributed by atoms with van der Waals surface area (Å²) in [7, 11) is 1.58. The van der Waals surface area contributed by atoms with Crippen LogP contribution in [0.25, 0.3) is 0 Å². The van der Waals surface area contributed by atoms with Gasteiger partial charge in [-0.05, 0) is 42.8 Å². The average Bonchev–Trinajstić information content (AvgIpc) is 3.13. The van der Waals surface area contributed by atoms with E-state index in [1.54, 1.807) is 60.5 Å². The number of methoxy groups -OCH3 is 1. The van der Waals surface area contributed by atoms with Gasteiger partial charge in [-0.15, -0.1) is 0 Å². The normalized spacial score (nSPS) is 15.7. The van der Waals surface area contributed by atoms with Crippen molar-refractivity contribution in [3.63, 3.8) is 0 Å². The molecular formula is C23H27N3O4. The van der Waals surface area contributed by atoms with Gasteiger partial charge in [-0.25, -0.2) is 0 Å². The van der Waals surface area contributed by atoms with Gasteiger partial charge in [0.2, 0.25) is 11.8 Å². The molecule has 0 saturated carbocycles. The van der Waals surface area contributed by atoms with Gasteiger partial charge in [-0.3, -0.25) is 14.4 Å². The molecule has 1 aliphatic rings. The summed E-state index contributed by atoms with van der Waals surface area (Å²) >= 11 is 0. The Balaban J connectivity index is 1.66. The molecule has 158 valence electrons. The Bertz CT molecular complexity index is 911. The van der Waals surface area contributed by atoms with Crippen molar-refractivity contribution in [3.8, 4) is 5.75 Å². The van der Waals surface area contributed by atoms with Crippen LogP contribution in [0.4, 0.5) is 11.4 Å². The smallest absolute Gasteiger partial charge is 0.257 e. The number of carbonyl (C=O) groups excluding carboxylic acids is 3. The van der Waals surface area contributed by atoms with Crippen LogP contribution in [0.2, 0.25) is 0 Å². The minimum atomic E-state index is -0.410. The topological polar surface area (TPSA) is 87.7 Å². The summed E-state index contributed by atoms with van der Waals surface area (Å²) in [5.41, 5.74) is 1.40. The molecule has 1 fully saturated rings. The molecule has 1 saturated heterocycles. The Hall–Kier alpha value is -3.35. The fraction of sp³-hybridized carbons (Fsp3) is 0.348. The monoisotopic (exact) mass is 409 g/mol. The molecule has 7 heteroatoms. The second-order valence-electron chi connectivity index (χ2n) is 7.31. The number of nitrogens with one attached hydrogen (secondary N) is 2. The van der Waals surface area contributed by atoms with Gasteiger partial charge in [0.1, 0.15) is 5.75 Å². The molecule has 1 aliphatic heterocycles. The lowest BCUT2D eigenvalue weighted by Gasteiger charge is -2.16. The van der Waals surface area contributed by atoms with Gasteiger partial charge >= 0.3 is 0 Å². The summed E-state index contributed by atoms with van der Waals surface area (Å²) in [6, 6.07) is 13.8. The number of likely N-dealkylation sites (tertiary alicyclic amines) is 1. The Morgan fingerprint density at radius 2 is 1.83 bits per heavy atom. The van der Waals surface area contributed by atoms with Gasteiger partial charge in [-0.1, -0.05) is 25.5 Å². The fourth-order valence-corrected chi connectivity index (χ4v) is 3.41. The Kier molecular flexibility index (Phi) is 7.06. The molecule has 30 heavy (non-hydrogen) atoms. The quantitative estimate of drug-likeness (QED) is 0.698. The molecule has 0 bridgehead atoms. The van der Waals surface area contributed by atoms with Gasteiger partial charge in [0.05, 0.1) is 24.3 Å². The number of carbonyl (C=O) groups is 3. The Morgan fingerprint density at radius 3 is 2.53 bits per heavy atom. The molecule has 0 aliphatic carbocycles. The highest BCUT2D eigenvalue weighted by atomic mass is 16.5. The molecule has 3 rings (SSSR count). The highest BCUT2D eigenvalue weighted by Crippen LogP contribution is 2.23. The maximum absolute atomic E-state index is 12.8. The number of nitrogens with zero attached hydrogens (tertiary/aromatic N) is 1. The zero-order valence-electron chi connectivity index (χ0n) is 17.3. The van der Waals surface area contributed by atoms with Crippen molar-refractivity contribution in [2.45, 2.75) is 26.2 Å². The van der Waals surface area contributed by atoms with Crippen molar-refractivity contribution in [1.82, 2.24) is 4.90 Å². The molecule has 1 heterocycles. The van der Waals surface area contributed by atoms with E-state index in [0.29, 0.717) is 35.8 Å². The molecule has 0 spiro atoms. The minimum Gasteiger partial charge on any atom is -0.497 e. The second kappa shape index (κ2) is 9.91. The van der Waals surface area contributed by atoms with Crippen molar-refractivity contribution in [1.29, 1.82) is 0 Å². The van der Waals surface area contributed by atoms with Crippen molar-refractivity contribution in [2.24, 2.45) is 5.92 Å². The third kappa shape index (κ3) is 5.17. The van der Waals surface area contributed by atoms with Crippen molar-refractivity contribution in [3.05, 3.63) is 54.1 Å². The zero-order valence-corrected chi connectivity index (χ0v) is 17.3. The summed E-state index contributed by atoms with van der Waals surface area (Å²) in [4.78, 5) is 39.4. The lowest BCUT2D eigenvalue weighted by atomic mass is 10.1. The van der Waals surface area contributed by atoms with E-state index in [-0.39, 0.29) is 24.1 Å².